The van der Waals surface area contributed by atoms with Crippen molar-refractivity contribution in [1.82, 2.24) is 5.32 Å². The Balaban J connectivity index is 2.25. The van der Waals surface area contributed by atoms with E-state index >= 15 is 0 Å². The molecule has 0 spiro atoms. The topological polar surface area (TPSA) is 89.9 Å². The molecule has 0 fully saturated rings. The molecule has 2 aromatic rings. The molecule has 2 rings (SSSR count). The zero-order chi connectivity index (χ0) is 22.8. The van der Waals surface area contributed by atoms with E-state index < -0.39 is 18.0 Å². The molecular formula is C25H34N2O4. The number of urea groups is 1. The number of benzene rings is 2. The number of hydrogen-bond acceptors (Lipinski definition) is 3. The molecule has 0 aliphatic carbocycles. The SMILES string of the molecule is CCCCCCCNC(=O)N(C)c1cc(-c2ccccc2)ccc1C(C)C(O)C(=O)O. The van der Waals surface area contributed by atoms with Gasteiger partial charge in [0.1, 0.15) is 0 Å². The molecule has 6 nitrogen and oxygen atoms in total. The molecule has 0 saturated carbocycles. The number of unbranched alkanes of at least 4 members (excludes halogenated alkanes) is 4. The maximum atomic E-state index is 12.8. The van der Waals surface area contributed by atoms with Gasteiger partial charge >= 0.3 is 12.0 Å². The Bertz CT molecular complexity index is 854. The third-order valence-corrected chi connectivity index (χ3v) is 5.58. The van der Waals surface area contributed by atoms with E-state index in [1.165, 1.54) is 17.7 Å². The highest BCUT2D eigenvalue weighted by atomic mass is 16.4. The number of carbonyl (C=O) groups is 2. The number of amides is 2. The Hall–Kier alpha value is -2.86. The number of anilines is 1. The first kappa shape index (κ1) is 24.4. The van der Waals surface area contributed by atoms with Gasteiger partial charge in [-0.15, -0.1) is 0 Å². The predicted molar refractivity (Wildman–Crippen MR) is 124 cm³/mol. The minimum atomic E-state index is -1.56. The highest BCUT2D eigenvalue weighted by molar-refractivity contribution is 5.93. The molecule has 168 valence electrons. The van der Waals surface area contributed by atoms with Crippen molar-refractivity contribution in [3.05, 3.63) is 54.1 Å². The van der Waals surface area contributed by atoms with Crippen molar-refractivity contribution in [2.24, 2.45) is 0 Å². The van der Waals surface area contributed by atoms with Crippen LogP contribution >= 0.6 is 0 Å². The van der Waals surface area contributed by atoms with Crippen LogP contribution in [0.4, 0.5) is 10.5 Å². The first-order valence-electron chi connectivity index (χ1n) is 11.0. The van der Waals surface area contributed by atoms with Gasteiger partial charge in [0.15, 0.2) is 6.10 Å². The van der Waals surface area contributed by atoms with Gasteiger partial charge < -0.3 is 15.5 Å². The van der Waals surface area contributed by atoms with E-state index in [2.05, 4.69) is 12.2 Å². The molecule has 3 N–H and O–H groups in total. The Morgan fingerprint density at radius 2 is 1.68 bits per heavy atom. The van der Waals surface area contributed by atoms with Crippen LogP contribution in [0, 0.1) is 0 Å². The average Bonchev–Trinajstić information content (AvgIpc) is 2.79. The van der Waals surface area contributed by atoms with E-state index in [1.54, 1.807) is 20.0 Å². The summed E-state index contributed by atoms with van der Waals surface area (Å²) in [4.78, 5) is 25.6. The zero-order valence-corrected chi connectivity index (χ0v) is 18.7. The second-order valence-electron chi connectivity index (χ2n) is 7.92. The first-order chi connectivity index (χ1) is 14.9. The minimum Gasteiger partial charge on any atom is -0.479 e. The van der Waals surface area contributed by atoms with Gasteiger partial charge in [-0.3, -0.25) is 4.90 Å². The number of rotatable bonds is 11. The third kappa shape index (κ3) is 6.82. The maximum Gasteiger partial charge on any atom is 0.333 e. The van der Waals surface area contributed by atoms with E-state index in [4.69, 9.17) is 0 Å². The van der Waals surface area contributed by atoms with Gasteiger partial charge in [0.25, 0.3) is 0 Å². The molecule has 0 aliphatic rings. The number of aliphatic hydroxyl groups is 1. The van der Waals surface area contributed by atoms with Gasteiger partial charge in [-0.1, -0.05) is 82.0 Å². The number of nitrogens with zero attached hydrogens (tertiary/aromatic N) is 1. The molecule has 2 atom stereocenters. The monoisotopic (exact) mass is 426 g/mol. The fourth-order valence-corrected chi connectivity index (χ4v) is 3.57. The predicted octanol–water partition coefficient (Wildman–Crippen LogP) is 5.02. The van der Waals surface area contributed by atoms with Crippen LogP contribution in [-0.2, 0) is 4.79 Å². The molecule has 6 heteroatoms. The van der Waals surface area contributed by atoms with Gasteiger partial charge in [0.05, 0.1) is 0 Å². The van der Waals surface area contributed by atoms with E-state index in [1.807, 2.05) is 42.5 Å². The lowest BCUT2D eigenvalue weighted by atomic mass is 9.91. The summed E-state index contributed by atoms with van der Waals surface area (Å²) in [5, 5.41) is 22.3. The number of hydrogen-bond donors (Lipinski definition) is 3. The van der Waals surface area contributed by atoms with Crippen LogP contribution in [0.5, 0.6) is 0 Å². The summed E-state index contributed by atoms with van der Waals surface area (Å²) < 4.78 is 0. The molecule has 0 radical (unpaired) electrons. The summed E-state index contributed by atoms with van der Waals surface area (Å²) in [6, 6.07) is 15.1. The van der Waals surface area contributed by atoms with Crippen molar-refractivity contribution in [3.8, 4) is 11.1 Å². The van der Waals surface area contributed by atoms with E-state index in [-0.39, 0.29) is 6.03 Å². The summed E-state index contributed by atoms with van der Waals surface area (Å²) in [7, 11) is 1.67. The van der Waals surface area contributed by atoms with E-state index in [0.717, 1.165) is 30.4 Å². The molecule has 0 aliphatic heterocycles. The normalized spacial score (nSPS) is 12.8. The lowest BCUT2D eigenvalue weighted by molar-refractivity contribution is -0.147. The van der Waals surface area contributed by atoms with Crippen LogP contribution in [0.2, 0.25) is 0 Å². The standard InChI is InChI=1S/C25H34N2O4/c1-4-5-6-7-11-16-26-25(31)27(3)22-17-20(19-12-9-8-10-13-19)14-15-21(22)18(2)23(28)24(29)30/h8-10,12-15,17-18,23,28H,4-7,11,16H2,1-3H3,(H,26,31)(H,29,30). The summed E-state index contributed by atoms with van der Waals surface area (Å²) in [6.07, 6.45) is 3.98. The number of aliphatic hydroxyl groups excluding tert-OH is 1. The Morgan fingerprint density at radius 1 is 1.00 bits per heavy atom. The fourth-order valence-electron chi connectivity index (χ4n) is 3.57. The molecule has 31 heavy (non-hydrogen) atoms. The number of carboxylic acids is 1. The molecule has 0 aromatic heterocycles. The van der Waals surface area contributed by atoms with Crippen LogP contribution in [0.15, 0.2) is 48.5 Å². The number of carboxylic acid groups (broad SMARTS) is 1. The van der Waals surface area contributed by atoms with Crippen LogP contribution in [0.3, 0.4) is 0 Å². The lowest BCUT2D eigenvalue weighted by Gasteiger charge is -2.26. The van der Waals surface area contributed by atoms with Gasteiger partial charge in [-0.2, -0.15) is 0 Å². The Kier molecular flexibility index (Phi) is 9.53. The number of carbonyl (C=O) groups excluding carboxylic acids is 1. The first-order valence-corrected chi connectivity index (χ1v) is 11.0. The van der Waals surface area contributed by atoms with Crippen molar-refractivity contribution < 1.29 is 19.8 Å². The Labute approximate surface area is 184 Å². The van der Waals surface area contributed by atoms with E-state index in [9.17, 15) is 19.8 Å². The summed E-state index contributed by atoms with van der Waals surface area (Å²) in [5.41, 5.74) is 3.09. The van der Waals surface area contributed by atoms with Crippen molar-refractivity contribution in [2.45, 2.75) is 58.0 Å². The largest absolute Gasteiger partial charge is 0.479 e. The quantitative estimate of drug-likeness (QED) is 0.440. The summed E-state index contributed by atoms with van der Waals surface area (Å²) in [5.74, 6) is -1.97. The summed E-state index contributed by atoms with van der Waals surface area (Å²) >= 11 is 0. The average molecular weight is 427 g/mol. The van der Waals surface area contributed by atoms with Crippen LogP contribution in [0.1, 0.15) is 57.4 Å². The van der Waals surface area contributed by atoms with Gasteiger partial charge in [0.2, 0.25) is 0 Å². The second-order valence-corrected chi connectivity index (χ2v) is 7.92. The van der Waals surface area contributed by atoms with Crippen molar-refractivity contribution in [1.29, 1.82) is 0 Å². The molecule has 0 saturated heterocycles. The van der Waals surface area contributed by atoms with Crippen LogP contribution in [0.25, 0.3) is 11.1 Å². The third-order valence-electron chi connectivity index (χ3n) is 5.58. The fraction of sp³-hybridized carbons (Fsp3) is 0.440. The van der Waals surface area contributed by atoms with Crippen molar-refractivity contribution >= 4 is 17.7 Å². The highest BCUT2D eigenvalue weighted by Gasteiger charge is 2.27. The Morgan fingerprint density at radius 3 is 2.32 bits per heavy atom. The van der Waals surface area contributed by atoms with E-state index in [0.29, 0.717) is 17.8 Å². The van der Waals surface area contributed by atoms with Crippen molar-refractivity contribution in [3.63, 3.8) is 0 Å². The number of aliphatic carboxylic acids is 1. The molecule has 0 heterocycles. The maximum absolute atomic E-state index is 12.8. The number of nitrogens with one attached hydrogen (secondary N) is 1. The minimum absolute atomic E-state index is 0.251. The van der Waals surface area contributed by atoms with Crippen LogP contribution < -0.4 is 10.2 Å². The van der Waals surface area contributed by atoms with Gasteiger partial charge in [-0.05, 0) is 29.2 Å². The second kappa shape index (κ2) is 12.1. The molecule has 2 aromatic carbocycles. The highest BCUT2D eigenvalue weighted by Crippen LogP contribution is 2.34. The van der Waals surface area contributed by atoms with Crippen LogP contribution in [-0.4, -0.2) is 41.9 Å². The smallest absolute Gasteiger partial charge is 0.333 e. The summed E-state index contributed by atoms with van der Waals surface area (Å²) in [6.45, 7) is 4.41. The molecule has 2 unspecified atom stereocenters. The lowest BCUT2D eigenvalue weighted by Crippen LogP contribution is -2.39. The van der Waals surface area contributed by atoms with Crippen molar-refractivity contribution in [2.75, 3.05) is 18.5 Å². The molecule has 2 amide bonds. The molecule has 0 bridgehead atoms. The van der Waals surface area contributed by atoms with Gasteiger partial charge in [-0.25, -0.2) is 9.59 Å². The zero-order valence-electron chi connectivity index (χ0n) is 18.7. The molecular weight excluding hydrogens is 392 g/mol. The van der Waals surface area contributed by atoms with Gasteiger partial charge in [0, 0.05) is 25.2 Å².